The lowest BCUT2D eigenvalue weighted by Gasteiger charge is -2.44. The predicted molar refractivity (Wildman–Crippen MR) is 136 cm³/mol. The van der Waals surface area contributed by atoms with E-state index < -0.39 is 65.3 Å². The fourth-order valence-electron chi connectivity index (χ4n) is 5.83. The molecule has 2 saturated heterocycles. The van der Waals surface area contributed by atoms with Crippen LogP contribution in [-0.2, 0) is 26.6 Å². The number of carbonyl (C=O) groups is 1. The van der Waals surface area contributed by atoms with E-state index in [4.69, 9.17) is 9.47 Å². The number of carboxylic acid groups (broad SMARTS) is 1. The highest BCUT2D eigenvalue weighted by molar-refractivity contribution is 5.74. The third kappa shape index (κ3) is 7.40. The first-order valence-electron chi connectivity index (χ1n) is 13.4. The lowest BCUT2D eigenvalue weighted by Crippen LogP contribution is -2.49. The molecule has 2 aliphatic rings. The monoisotopic (exact) mass is 589 g/mol. The average molecular weight is 590 g/mol. The van der Waals surface area contributed by atoms with Crippen molar-refractivity contribution in [1.82, 2.24) is 4.90 Å². The fourth-order valence-corrected chi connectivity index (χ4v) is 5.83. The van der Waals surface area contributed by atoms with Gasteiger partial charge in [0.1, 0.15) is 6.10 Å². The summed E-state index contributed by atoms with van der Waals surface area (Å²) < 4.78 is 92.8. The average Bonchev–Trinajstić information content (AvgIpc) is 2.91. The molecule has 2 fully saturated rings. The summed E-state index contributed by atoms with van der Waals surface area (Å²) >= 11 is 0. The highest BCUT2D eigenvalue weighted by Crippen LogP contribution is 2.42. The van der Waals surface area contributed by atoms with E-state index in [0.29, 0.717) is 51.0 Å². The number of piperidine rings is 1. The Bertz CT molecular complexity index is 1160. The number of carboxylic acids is 1. The molecule has 2 heterocycles. The number of halogens is 6. The van der Waals surface area contributed by atoms with Crippen LogP contribution in [0.1, 0.15) is 60.5 Å². The van der Waals surface area contributed by atoms with E-state index in [1.54, 1.807) is 25.1 Å². The molecule has 0 bridgehead atoms. The smallest absolute Gasteiger partial charge is 0.416 e. The summed E-state index contributed by atoms with van der Waals surface area (Å²) in [4.78, 5) is 14.0. The second-order valence-corrected chi connectivity index (χ2v) is 11.1. The Labute approximate surface area is 233 Å². The number of ether oxygens (including phenoxy) is 2. The Morgan fingerprint density at radius 1 is 1.10 bits per heavy atom. The molecule has 4 rings (SSSR count). The van der Waals surface area contributed by atoms with Gasteiger partial charge in [-0.2, -0.15) is 26.3 Å². The van der Waals surface area contributed by atoms with Crippen LogP contribution in [0.3, 0.4) is 0 Å². The molecule has 12 heteroatoms. The number of alkyl halides is 6. The molecule has 0 saturated carbocycles. The molecule has 41 heavy (non-hydrogen) atoms. The van der Waals surface area contributed by atoms with E-state index in [9.17, 15) is 41.4 Å². The molecule has 0 spiro atoms. The number of benzene rings is 2. The van der Waals surface area contributed by atoms with Gasteiger partial charge in [-0.3, -0.25) is 4.79 Å². The number of rotatable bonds is 8. The molecule has 2 N–H and O–H groups in total. The minimum absolute atomic E-state index is 0.0291. The number of hydrogen-bond acceptors (Lipinski definition) is 5. The van der Waals surface area contributed by atoms with Gasteiger partial charge in [-0.25, -0.2) is 0 Å². The Balaban J connectivity index is 1.64. The van der Waals surface area contributed by atoms with Gasteiger partial charge in [-0.15, -0.1) is 0 Å². The zero-order valence-electron chi connectivity index (χ0n) is 22.4. The molecule has 2 aromatic rings. The maximum atomic E-state index is 13.5. The maximum Gasteiger partial charge on any atom is 0.416 e. The molecule has 5 atom stereocenters. The number of aliphatic carboxylic acids is 1. The van der Waals surface area contributed by atoms with Crippen LogP contribution in [0.4, 0.5) is 26.3 Å². The van der Waals surface area contributed by atoms with Crippen LogP contribution in [-0.4, -0.2) is 60.2 Å². The Morgan fingerprint density at radius 2 is 1.73 bits per heavy atom. The minimum atomic E-state index is -5.05. The quantitative estimate of drug-likeness (QED) is 0.362. The normalized spacial score (nSPS) is 27.0. The van der Waals surface area contributed by atoms with Gasteiger partial charge in [-0.05, 0) is 68.0 Å². The summed E-state index contributed by atoms with van der Waals surface area (Å²) in [5.41, 5.74) is -3.59. The fraction of sp³-hybridized carbons (Fsp3) is 0.552. The molecule has 0 aromatic heterocycles. The Hall–Kier alpha value is -2.67. The number of likely N-dealkylation sites (tertiary alicyclic amines) is 1. The molecule has 0 radical (unpaired) electrons. The summed E-state index contributed by atoms with van der Waals surface area (Å²) in [5, 5.41) is 19.8. The number of aliphatic hydroxyl groups is 1. The van der Waals surface area contributed by atoms with E-state index in [1.165, 1.54) is 0 Å². The van der Waals surface area contributed by atoms with Crippen molar-refractivity contribution < 1.29 is 50.8 Å². The largest absolute Gasteiger partial charge is 0.481 e. The van der Waals surface area contributed by atoms with E-state index in [-0.39, 0.29) is 18.6 Å². The first-order chi connectivity index (χ1) is 19.2. The molecule has 2 aromatic carbocycles. The van der Waals surface area contributed by atoms with Crippen molar-refractivity contribution in [1.29, 1.82) is 0 Å². The van der Waals surface area contributed by atoms with Crippen LogP contribution >= 0.6 is 0 Å². The van der Waals surface area contributed by atoms with Crippen molar-refractivity contribution in [3.05, 3.63) is 70.8 Å². The van der Waals surface area contributed by atoms with Gasteiger partial charge in [0.05, 0.1) is 29.8 Å². The van der Waals surface area contributed by atoms with Gasteiger partial charge in [0, 0.05) is 19.0 Å². The summed E-state index contributed by atoms with van der Waals surface area (Å²) in [6, 6.07) is 10.2. The van der Waals surface area contributed by atoms with Crippen LogP contribution in [0, 0.1) is 11.3 Å². The highest BCUT2D eigenvalue weighted by atomic mass is 19.4. The third-order valence-electron chi connectivity index (χ3n) is 7.99. The molecule has 2 unspecified atom stereocenters. The summed E-state index contributed by atoms with van der Waals surface area (Å²) in [7, 11) is 0. The van der Waals surface area contributed by atoms with Gasteiger partial charge in [0.2, 0.25) is 0 Å². The molecule has 6 nitrogen and oxygen atoms in total. The topological polar surface area (TPSA) is 79.2 Å². The van der Waals surface area contributed by atoms with Crippen molar-refractivity contribution in [2.75, 3.05) is 32.8 Å². The van der Waals surface area contributed by atoms with Crippen molar-refractivity contribution in [2.24, 2.45) is 11.3 Å². The van der Waals surface area contributed by atoms with Crippen molar-refractivity contribution >= 4 is 5.97 Å². The number of hydrogen-bond donors (Lipinski definition) is 2. The van der Waals surface area contributed by atoms with Crippen LogP contribution in [0.25, 0.3) is 0 Å². The number of aliphatic hydroxyl groups excluding tert-OH is 1. The van der Waals surface area contributed by atoms with Crippen LogP contribution < -0.4 is 0 Å². The first kappa shape index (κ1) is 31.3. The van der Waals surface area contributed by atoms with Crippen LogP contribution in [0.2, 0.25) is 0 Å². The highest BCUT2D eigenvalue weighted by Gasteiger charge is 2.43. The van der Waals surface area contributed by atoms with E-state index in [2.05, 4.69) is 4.90 Å². The van der Waals surface area contributed by atoms with Crippen LogP contribution in [0.15, 0.2) is 48.5 Å². The maximum absolute atomic E-state index is 13.5. The lowest BCUT2D eigenvalue weighted by molar-refractivity contribution is -0.219. The molecule has 0 amide bonds. The van der Waals surface area contributed by atoms with Gasteiger partial charge in [0.15, 0.2) is 6.29 Å². The van der Waals surface area contributed by atoms with E-state index in [0.717, 1.165) is 5.56 Å². The molecular weight excluding hydrogens is 556 g/mol. The lowest BCUT2D eigenvalue weighted by atomic mass is 9.78. The minimum Gasteiger partial charge on any atom is -0.481 e. The third-order valence-corrected chi connectivity index (χ3v) is 7.99. The SMILES string of the molecule is C[C@@]1(C(=O)O)CCCN(C[C@H]2CCOC(OC(CO)c3cc(C(F)(F)F)cc(C(F)(F)F)c3)[C@@H]2c2ccccc2)C1. The molecular formula is C29H33F6NO5. The molecule has 2 aliphatic heterocycles. The molecule has 0 aliphatic carbocycles. The van der Waals surface area contributed by atoms with Gasteiger partial charge >= 0.3 is 18.3 Å². The van der Waals surface area contributed by atoms with E-state index >= 15 is 0 Å². The summed E-state index contributed by atoms with van der Waals surface area (Å²) in [5.74, 6) is -1.48. The van der Waals surface area contributed by atoms with E-state index in [1.807, 2.05) is 12.1 Å². The van der Waals surface area contributed by atoms with Crippen molar-refractivity contribution in [3.8, 4) is 0 Å². The molecule has 226 valence electrons. The zero-order valence-corrected chi connectivity index (χ0v) is 22.4. The second-order valence-electron chi connectivity index (χ2n) is 11.1. The standard InChI is InChI=1S/C29H33F6NO5/c1-27(26(38)39)9-5-10-36(17-27)15-19-8-11-40-25(24(19)18-6-3-2-4-7-18)41-23(16-37)20-12-21(28(30,31)32)14-22(13-20)29(33,34)35/h2-4,6-7,12-14,19,23-25,37H,5,8-11,15-17H2,1H3,(H,38,39)/t19-,23?,24-,25?,27-/m1/s1. The van der Waals surface area contributed by atoms with Crippen LogP contribution in [0.5, 0.6) is 0 Å². The Kier molecular flexibility index (Phi) is 9.37. The summed E-state index contributed by atoms with van der Waals surface area (Å²) in [6.07, 6.45) is -10.9. The van der Waals surface area contributed by atoms with Gasteiger partial charge in [0.25, 0.3) is 0 Å². The first-order valence-corrected chi connectivity index (χ1v) is 13.4. The number of nitrogens with zero attached hydrogens (tertiary/aromatic N) is 1. The van der Waals surface area contributed by atoms with Crippen molar-refractivity contribution in [2.45, 2.75) is 56.9 Å². The zero-order chi connectivity index (χ0) is 30.0. The Morgan fingerprint density at radius 3 is 2.29 bits per heavy atom. The van der Waals surface area contributed by atoms with Gasteiger partial charge < -0.3 is 24.6 Å². The van der Waals surface area contributed by atoms with Gasteiger partial charge in [-0.1, -0.05) is 30.3 Å². The summed E-state index contributed by atoms with van der Waals surface area (Å²) in [6.45, 7) is 2.57. The van der Waals surface area contributed by atoms with Crippen molar-refractivity contribution in [3.63, 3.8) is 0 Å². The second kappa shape index (κ2) is 12.3. The predicted octanol–water partition coefficient (Wildman–Crippen LogP) is 6.11.